The van der Waals surface area contributed by atoms with E-state index in [1.807, 2.05) is 17.9 Å². The van der Waals surface area contributed by atoms with Gasteiger partial charge in [0.15, 0.2) is 0 Å². The number of rotatable bonds is 5. The Bertz CT molecular complexity index is 414. The summed E-state index contributed by atoms with van der Waals surface area (Å²) in [5.41, 5.74) is 2.68. The first-order chi connectivity index (χ1) is 9.22. The van der Waals surface area contributed by atoms with Crippen LogP contribution in [0.5, 0.6) is 0 Å². The second-order valence-electron chi connectivity index (χ2n) is 6.28. The summed E-state index contributed by atoms with van der Waals surface area (Å²) in [6.07, 6.45) is 7.52. The lowest BCUT2D eigenvalue weighted by Gasteiger charge is -2.32. The molecule has 2 fully saturated rings. The van der Waals surface area contributed by atoms with Gasteiger partial charge in [-0.25, -0.2) is 0 Å². The fourth-order valence-corrected chi connectivity index (χ4v) is 2.89. The maximum atomic E-state index is 4.33. The first-order valence-electron chi connectivity index (χ1n) is 7.65. The van der Waals surface area contributed by atoms with Crippen LogP contribution in [-0.2, 0) is 13.6 Å². The van der Waals surface area contributed by atoms with E-state index in [-0.39, 0.29) is 0 Å². The van der Waals surface area contributed by atoms with Crippen molar-refractivity contribution in [1.29, 1.82) is 0 Å². The fraction of sp³-hybridized carbons (Fsp3) is 0.800. The molecule has 1 aliphatic heterocycles. The highest BCUT2D eigenvalue weighted by molar-refractivity contribution is 5.15. The maximum absolute atomic E-state index is 4.33. The van der Waals surface area contributed by atoms with E-state index in [1.165, 1.54) is 56.6 Å². The zero-order chi connectivity index (χ0) is 13.2. The Kier molecular flexibility index (Phi) is 3.89. The second-order valence-corrected chi connectivity index (χ2v) is 6.28. The first kappa shape index (κ1) is 13.1. The van der Waals surface area contributed by atoms with E-state index < -0.39 is 0 Å². The van der Waals surface area contributed by atoms with E-state index in [0.717, 1.165) is 18.5 Å². The Labute approximate surface area is 116 Å². The van der Waals surface area contributed by atoms with Gasteiger partial charge in [-0.15, -0.1) is 0 Å². The van der Waals surface area contributed by atoms with Crippen molar-refractivity contribution in [3.8, 4) is 0 Å². The van der Waals surface area contributed by atoms with Crippen molar-refractivity contribution >= 4 is 0 Å². The monoisotopic (exact) mass is 262 g/mol. The molecule has 1 aromatic rings. The summed E-state index contributed by atoms with van der Waals surface area (Å²) >= 11 is 0. The van der Waals surface area contributed by atoms with Crippen LogP contribution in [0.1, 0.15) is 36.9 Å². The average molecular weight is 262 g/mol. The quantitative estimate of drug-likeness (QED) is 0.876. The molecule has 1 saturated carbocycles. The summed E-state index contributed by atoms with van der Waals surface area (Å²) in [5, 5.41) is 8.07. The number of likely N-dealkylation sites (tertiary alicyclic amines) is 1. The Balaban J connectivity index is 1.43. The summed E-state index contributed by atoms with van der Waals surface area (Å²) < 4.78 is 1.97. The number of piperidine rings is 1. The average Bonchev–Trinajstić information content (AvgIpc) is 3.20. The summed E-state index contributed by atoms with van der Waals surface area (Å²) in [7, 11) is 2.02. The molecule has 0 bridgehead atoms. The summed E-state index contributed by atoms with van der Waals surface area (Å²) in [5.74, 6) is 0.996. The molecule has 4 nitrogen and oxygen atoms in total. The molecule has 0 spiro atoms. The van der Waals surface area contributed by atoms with E-state index in [4.69, 9.17) is 0 Å². The van der Waals surface area contributed by atoms with Gasteiger partial charge in [-0.3, -0.25) is 9.58 Å². The molecule has 2 heterocycles. The number of nitrogens with one attached hydrogen (secondary N) is 1. The Morgan fingerprint density at radius 1 is 1.26 bits per heavy atom. The smallest absolute Gasteiger partial charge is 0.0537 e. The van der Waals surface area contributed by atoms with E-state index in [0.29, 0.717) is 0 Å². The molecule has 0 radical (unpaired) electrons. The summed E-state index contributed by atoms with van der Waals surface area (Å²) in [6.45, 7) is 6.92. The van der Waals surface area contributed by atoms with Crippen molar-refractivity contribution in [1.82, 2.24) is 20.0 Å². The molecule has 0 atom stereocenters. The SMILES string of the molecule is Cc1c(CN2CCC(NCC3CC3)CC2)cnn1C. The molecule has 1 saturated heterocycles. The molecule has 1 aliphatic carbocycles. The zero-order valence-electron chi connectivity index (χ0n) is 12.2. The van der Waals surface area contributed by atoms with Crippen LogP contribution in [0.2, 0.25) is 0 Å². The number of aryl methyl sites for hydroxylation is 1. The molecule has 0 unspecified atom stereocenters. The zero-order valence-corrected chi connectivity index (χ0v) is 12.2. The number of hydrogen-bond donors (Lipinski definition) is 1. The standard InChI is InChI=1S/C15H26N4/c1-12-14(10-17-18(12)2)11-19-7-5-15(6-8-19)16-9-13-3-4-13/h10,13,15-16H,3-9,11H2,1-2H3. The van der Waals surface area contributed by atoms with Gasteiger partial charge in [-0.1, -0.05) is 0 Å². The van der Waals surface area contributed by atoms with Crippen LogP contribution in [0, 0.1) is 12.8 Å². The highest BCUT2D eigenvalue weighted by Crippen LogP contribution is 2.28. The minimum atomic E-state index is 0.756. The molecule has 0 aromatic carbocycles. The third kappa shape index (κ3) is 3.37. The highest BCUT2D eigenvalue weighted by atomic mass is 15.3. The number of hydrogen-bond acceptors (Lipinski definition) is 3. The van der Waals surface area contributed by atoms with Crippen molar-refractivity contribution in [2.45, 2.75) is 45.2 Å². The molecule has 3 rings (SSSR count). The number of aromatic nitrogens is 2. The predicted molar refractivity (Wildman–Crippen MR) is 77.0 cm³/mol. The van der Waals surface area contributed by atoms with Crippen molar-refractivity contribution in [3.63, 3.8) is 0 Å². The van der Waals surface area contributed by atoms with Crippen molar-refractivity contribution in [2.75, 3.05) is 19.6 Å². The molecule has 4 heteroatoms. The molecule has 0 amide bonds. The third-order valence-corrected chi connectivity index (χ3v) is 4.71. The van der Waals surface area contributed by atoms with Crippen LogP contribution in [0.3, 0.4) is 0 Å². The van der Waals surface area contributed by atoms with Gasteiger partial charge in [-0.05, 0) is 58.2 Å². The second kappa shape index (κ2) is 5.63. The van der Waals surface area contributed by atoms with Crippen LogP contribution < -0.4 is 5.32 Å². The van der Waals surface area contributed by atoms with E-state index in [9.17, 15) is 0 Å². The lowest BCUT2D eigenvalue weighted by Crippen LogP contribution is -2.42. The molecule has 2 aliphatic rings. The Morgan fingerprint density at radius 2 is 2.00 bits per heavy atom. The molecule has 106 valence electrons. The van der Waals surface area contributed by atoms with Crippen LogP contribution in [0.4, 0.5) is 0 Å². The molecule has 19 heavy (non-hydrogen) atoms. The minimum Gasteiger partial charge on any atom is -0.314 e. The van der Waals surface area contributed by atoms with E-state index in [1.54, 1.807) is 0 Å². The van der Waals surface area contributed by atoms with Gasteiger partial charge in [0.25, 0.3) is 0 Å². The third-order valence-electron chi connectivity index (χ3n) is 4.71. The number of nitrogens with zero attached hydrogens (tertiary/aromatic N) is 3. The molecular formula is C15H26N4. The van der Waals surface area contributed by atoms with Crippen molar-refractivity contribution in [3.05, 3.63) is 17.5 Å². The first-order valence-corrected chi connectivity index (χ1v) is 7.65. The van der Waals surface area contributed by atoms with Gasteiger partial charge in [0.2, 0.25) is 0 Å². The molecular weight excluding hydrogens is 236 g/mol. The van der Waals surface area contributed by atoms with Gasteiger partial charge in [0.1, 0.15) is 0 Å². The lowest BCUT2D eigenvalue weighted by molar-refractivity contribution is 0.190. The van der Waals surface area contributed by atoms with E-state index in [2.05, 4.69) is 22.2 Å². The summed E-state index contributed by atoms with van der Waals surface area (Å²) in [6, 6.07) is 0.756. The molecule has 1 aromatic heterocycles. The minimum absolute atomic E-state index is 0.756. The lowest BCUT2D eigenvalue weighted by atomic mass is 10.0. The normalized spacial score (nSPS) is 22.0. The van der Waals surface area contributed by atoms with Gasteiger partial charge in [-0.2, -0.15) is 5.10 Å². The highest BCUT2D eigenvalue weighted by Gasteiger charge is 2.24. The Hall–Kier alpha value is -0.870. The predicted octanol–water partition coefficient (Wildman–Crippen LogP) is 1.69. The Morgan fingerprint density at radius 3 is 2.58 bits per heavy atom. The summed E-state index contributed by atoms with van der Waals surface area (Å²) in [4.78, 5) is 2.57. The largest absolute Gasteiger partial charge is 0.314 e. The van der Waals surface area contributed by atoms with Gasteiger partial charge in [0, 0.05) is 30.9 Å². The van der Waals surface area contributed by atoms with Crippen LogP contribution in [0.25, 0.3) is 0 Å². The van der Waals surface area contributed by atoms with Gasteiger partial charge in [0.05, 0.1) is 6.20 Å². The van der Waals surface area contributed by atoms with Gasteiger partial charge >= 0.3 is 0 Å². The van der Waals surface area contributed by atoms with Gasteiger partial charge < -0.3 is 5.32 Å². The molecule has 1 N–H and O–H groups in total. The van der Waals surface area contributed by atoms with Crippen LogP contribution in [0.15, 0.2) is 6.20 Å². The topological polar surface area (TPSA) is 33.1 Å². The van der Waals surface area contributed by atoms with Crippen molar-refractivity contribution < 1.29 is 0 Å². The van der Waals surface area contributed by atoms with Crippen LogP contribution >= 0.6 is 0 Å². The fourth-order valence-electron chi connectivity index (χ4n) is 2.89. The maximum Gasteiger partial charge on any atom is 0.0537 e. The van der Waals surface area contributed by atoms with E-state index >= 15 is 0 Å². The van der Waals surface area contributed by atoms with Crippen LogP contribution in [-0.4, -0.2) is 40.4 Å². The van der Waals surface area contributed by atoms with Crippen molar-refractivity contribution in [2.24, 2.45) is 13.0 Å².